The maximum absolute atomic E-state index is 6.18. The first-order chi connectivity index (χ1) is 7.52. The molecule has 2 aromatic rings. The van der Waals surface area contributed by atoms with Crippen molar-refractivity contribution in [1.29, 1.82) is 0 Å². The largest absolute Gasteiger partial charge is 0.319 e. The van der Waals surface area contributed by atoms with Crippen molar-refractivity contribution in [2.45, 2.75) is 13.0 Å². The van der Waals surface area contributed by atoms with Crippen molar-refractivity contribution in [3.05, 3.63) is 34.4 Å². The first-order valence-electron chi connectivity index (χ1n) is 4.94. The fraction of sp³-hybridized carbons (Fsp3) is 0.400. The molecule has 0 aliphatic carbocycles. The molecular weight excluding hydrogens is 226 g/mol. The van der Waals surface area contributed by atoms with Gasteiger partial charge in [0.15, 0.2) is 0 Å². The quantitative estimate of drug-likeness (QED) is 0.856. The predicted octanol–water partition coefficient (Wildman–Crippen LogP) is 1.16. The van der Waals surface area contributed by atoms with Crippen molar-refractivity contribution < 1.29 is 0 Å². The topological polar surface area (TPSA) is 61.7 Å². The van der Waals surface area contributed by atoms with Crippen molar-refractivity contribution >= 4 is 11.6 Å². The van der Waals surface area contributed by atoms with Crippen LogP contribution in [0.4, 0.5) is 0 Å². The van der Waals surface area contributed by atoms with Crippen LogP contribution in [0.3, 0.4) is 0 Å². The second kappa shape index (κ2) is 3.92. The van der Waals surface area contributed by atoms with Crippen LogP contribution in [0.1, 0.15) is 23.0 Å². The maximum Gasteiger partial charge on any atom is 0.0837 e. The molecule has 1 unspecified atom stereocenters. The summed E-state index contributed by atoms with van der Waals surface area (Å²) < 4.78 is 3.49. The minimum Gasteiger partial charge on any atom is -0.319 e. The number of halogens is 1. The lowest BCUT2D eigenvalue weighted by atomic mass is 10.1. The molecule has 86 valence electrons. The van der Waals surface area contributed by atoms with Gasteiger partial charge in [-0.25, -0.2) is 0 Å². The van der Waals surface area contributed by atoms with E-state index < -0.39 is 0 Å². The molecule has 0 spiro atoms. The van der Waals surface area contributed by atoms with Crippen LogP contribution in [-0.2, 0) is 14.1 Å². The van der Waals surface area contributed by atoms with Crippen LogP contribution >= 0.6 is 11.6 Å². The predicted molar refractivity (Wildman–Crippen MR) is 62.2 cm³/mol. The SMILES string of the molecule is Cc1c(C(N)c2c(Cl)cnn2C)cnn1C. The summed E-state index contributed by atoms with van der Waals surface area (Å²) in [4.78, 5) is 0. The van der Waals surface area contributed by atoms with Crippen LogP contribution in [0.5, 0.6) is 0 Å². The summed E-state index contributed by atoms with van der Waals surface area (Å²) >= 11 is 6.06. The van der Waals surface area contributed by atoms with E-state index in [1.54, 1.807) is 21.8 Å². The molecule has 0 aliphatic heterocycles. The smallest absolute Gasteiger partial charge is 0.0837 e. The Morgan fingerprint density at radius 1 is 1.25 bits per heavy atom. The van der Waals surface area contributed by atoms with E-state index in [4.69, 9.17) is 17.3 Å². The zero-order valence-electron chi connectivity index (χ0n) is 9.48. The summed E-state index contributed by atoms with van der Waals surface area (Å²) in [5.74, 6) is 0. The van der Waals surface area contributed by atoms with Crippen molar-refractivity contribution in [3.63, 3.8) is 0 Å². The molecular formula is C10H14ClN5. The van der Waals surface area contributed by atoms with E-state index >= 15 is 0 Å². The van der Waals surface area contributed by atoms with Crippen molar-refractivity contribution in [2.75, 3.05) is 0 Å². The van der Waals surface area contributed by atoms with Crippen LogP contribution < -0.4 is 5.73 Å². The summed E-state index contributed by atoms with van der Waals surface area (Å²) in [5, 5.41) is 8.83. The minimum atomic E-state index is -0.298. The normalized spacial score (nSPS) is 13.1. The molecule has 2 rings (SSSR count). The Kier molecular flexibility index (Phi) is 2.73. The summed E-state index contributed by atoms with van der Waals surface area (Å²) in [6.07, 6.45) is 3.37. The number of hydrogen-bond acceptors (Lipinski definition) is 3. The zero-order valence-corrected chi connectivity index (χ0v) is 10.2. The highest BCUT2D eigenvalue weighted by Gasteiger charge is 2.20. The molecule has 2 aromatic heterocycles. The Morgan fingerprint density at radius 3 is 2.31 bits per heavy atom. The van der Waals surface area contributed by atoms with Gasteiger partial charge < -0.3 is 5.73 Å². The summed E-state index contributed by atoms with van der Waals surface area (Å²) in [6, 6.07) is -0.298. The second-order valence-corrected chi connectivity index (χ2v) is 4.20. The van der Waals surface area contributed by atoms with E-state index in [2.05, 4.69) is 10.2 Å². The van der Waals surface area contributed by atoms with Gasteiger partial charge >= 0.3 is 0 Å². The summed E-state index contributed by atoms with van der Waals surface area (Å²) in [6.45, 7) is 1.98. The Balaban J connectivity index is 2.47. The van der Waals surface area contributed by atoms with Crippen LogP contribution in [0, 0.1) is 6.92 Å². The molecule has 6 heteroatoms. The molecule has 0 saturated heterocycles. The van der Waals surface area contributed by atoms with E-state index in [1.165, 1.54) is 0 Å². The van der Waals surface area contributed by atoms with Crippen LogP contribution in [0.2, 0.25) is 5.02 Å². The number of nitrogens with zero attached hydrogens (tertiary/aromatic N) is 4. The van der Waals surface area contributed by atoms with Crippen molar-refractivity contribution in [3.8, 4) is 0 Å². The Hall–Kier alpha value is -1.33. The molecule has 0 saturated carbocycles. The lowest BCUT2D eigenvalue weighted by Gasteiger charge is -2.12. The number of nitrogens with two attached hydrogens (primary N) is 1. The zero-order chi connectivity index (χ0) is 11.9. The Bertz CT molecular complexity index is 494. The Morgan fingerprint density at radius 2 is 1.88 bits per heavy atom. The van der Waals surface area contributed by atoms with Crippen molar-refractivity contribution in [2.24, 2.45) is 19.8 Å². The van der Waals surface area contributed by atoms with Crippen LogP contribution in [-0.4, -0.2) is 19.6 Å². The standard InChI is InChI=1S/C10H14ClN5/c1-6-7(4-13-15(6)2)9(12)10-8(11)5-14-16(10)3/h4-5,9H,12H2,1-3H3. The van der Waals surface area contributed by atoms with Gasteiger partial charge in [0.05, 0.1) is 29.2 Å². The Labute approximate surface area is 98.8 Å². The van der Waals surface area contributed by atoms with E-state index in [1.807, 2.05) is 21.0 Å². The molecule has 1 atom stereocenters. The first kappa shape index (κ1) is 11.2. The van der Waals surface area contributed by atoms with Crippen LogP contribution in [0.15, 0.2) is 12.4 Å². The van der Waals surface area contributed by atoms with Gasteiger partial charge in [-0.05, 0) is 6.92 Å². The highest BCUT2D eigenvalue weighted by Crippen LogP contribution is 2.27. The van der Waals surface area contributed by atoms with Gasteiger partial charge in [0.2, 0.25) is 0 Å². The van der Waals surface area contributed by atoms with Gasteiger partial charge in [0.1, 0.15) is 0 Å². The lowest BCUT2D eigenvalue weighted by molar-refractivity contribution is 0.668. The summed E-state index contributed by atoms with van der Waals surface area (Å²) in [7, 11) is 3.71. The van der Waals surface area contributed by atoms with Gasteiger partial charge in [-0.1, -0.05) is 11.6 Å². The molecule has 0 fully saturated rings. The van der Waals surface area contributed by atoms with Gasteiger partial charge in [-0.15, -0.1) is 0 Å². The molecule has 0 aliphatic rings. The van der Waals surface area contributed by atoms with E-state index in [9.17, 15) is 0 Å². The molecule has 2 N–H and O–H groups in total. The van der Waals surface area contributed by atoms with E-state index in [-0.39, 0.29) is 6.04 Å². The average Bonchev–Trinajstić information content (AvgIpc) is 2.73. The van der Waals surface area contributed by atoms with Crippen LogP contribution in [0.25, 0.3) is 0 Å². The highest BCUT2D eigenvalue weighted by atomic mass is 35.5. The second-order valence-electron chi connectivity index (χ2n) is 3.79. The van der Waals surface area contributed by atoms with Gasteiger partial charge in [-0.3, -0.25) is 9.36 Å². The maximum atomic E-state index is 6.18. The number of rotatable bonds is 2. The molecule has 0 bridgehead atoms. The third kappa shape index (κ3) is 1.62. The fourth-order valence-electron chi connectivity index (χ4n) is 1.74. The third-order valence-corrected chi connectivity index (χ3v) is 3.13. The lowest BCUT2D eigenvalue weighted by Crippen LogP contribution is -2.17. The third-order valence-electron chi connectivity index (χ3n) is 2.84. The monoisotopic (exact) mass is 239 g/mol. The van der Waals surface area contributed by atoms with E-state index in [0.717, 1.165) is 17.0 Å². The molecule has 16 heavy (non-hydrogen) atoms. The first-order valence-corrected chi connectivity index (χ1v) is 5.31. The average molecular weight is 240 g/mol. The fourth-order valence-corrected chi connectivity index (χ4v) is 2.02. The molecule has 2 heterocycles. The molecule has 0 amide bonds. The molecule has 0 radical (unpaired) electrons. The molecule has 0 aromatic carbocycles. The van der Waals surface area contributed by atoms with Gasteiger partial charge in [-0.2, -0.15) is 10.2 Å². The van der Waals surface area contributed by atoms with Gasteiger partial charge in [0, 0.05) is 25.4 Å². The van der Waals surface area contributed by atoms with E-state index in [0.29, 0.717) is 5.02 Å². The van der Waals surface area contributed by atoms with Gasteiger partial charge in [0.25, 0.3) is 0 Å². The number of aryl methyl sites for hydroxylation is 2. The van der Waals surface area contributed by atoms with Crippen molar-refractivity contribution in [1.82, 2.24) is 19.6 Å². The summed E-state index contributed by atoms with van der Waals surface area (Å²) in [5.41, 5.74) is 8.98. The number of aromatic nitrogens is 4. The minimum absolute atomic E-state index is 0.298. The number of hydrogen-bond donors (Lipinski definition) is 1. The molecule has 5 nitrogen and oxygen atoms in total. The highest BCUT2D eigenvalue weighted by molar-refractivity contribution is 6.31.